The SMILES string of the molecule is Cl.N#CCC1CCC1CSC(=N)N. The summed E-state index contributed by atoms with van der Waals surface area (Å²) in [5.74, 6) is 2.11. The van der Waals surface area contributed by atoms with Crippen LogP contribution in [-0.2, 0) is 0 Å². The predicted octanol–water partition coefficient (Wildman–Crippen LogP) is 1.97. The first kappa shape index (κ1) is 12.6. The van der Waals surface area contributed by atoms with Crippen molar-refractivity contribution >= 4 is 29.3 Å². The number of nitrogens with two attached hydrogens (primary N) is 1. The van der Waals surface area contributed by atoms with Crippen LogP contribution < -0.4 is 5.73 Å². The molecule has 0 radical (unpaired) electrons. The lowest BCUT2D eigenvalue weighted by Crippen LogP contribution is -2.28. The molecule has 0 aromatic rings. The summed E-state index contributed by atoms with van der Waals surface area (Å²) in [6, 6.07) is 2.19. The number of amidine groups is 1. The molecule has 13 heavy (non-hydrogen) atoms. The van der Waals surface area contributed by atoms with Gasteiger partial charge in [0, 0.05) is 12.2 Å². The lowest BCUT2D eigenvalue weighted by Gasteiger charge is -2.34. The maximum Gasteiger partial charge on any atom is 0.151 e. The van der Waals surface area contributed by atoms with Crippen LogP contribution in [-0.4, -0.2) is 10.9 Å². The molecule has 0 aliphatic heterocycles. The van der Waals surface area contributed by atoms with E-state index in [0.29, 0.717) is 18.3 Å². The fraction of sp³-hybridized carbons (Fsp3) is 0.750. The first-order chi connectivity index (χ1) is 5.74. The largest absolute Gasteiger partial charge is 0.379 e. The molecule has 1 aliphatic carbocycles. The number of rotatable bonds is 3. The molecule has 3 N–H and O–H groups in total. The zero-order valence-corrected chi connectivity index (χ0v) is 8.96. The molecule has 3 nitrogen and oxygen atoms in total. The number of nitriles is 1. The van der Waals surface area contributed by atoms with Gasteiger partial charge in [0.1, 0.15) is 0 Å². The van der Waals surface area contributed by atoms with Gasteiger partial charge in [-0.25, -0.2) is 0 Å². The number of nitrogens with zero attached hydrogens (tertiary/aromatic N) is 1. The molecular formula is C8H14ClN3S. The highest BCUT2D eigenvalue weighted by atomic mass is 35.5. The third-order valence-electron chi connectivity index (χ3n) is 2.38. The average Bonchev–Trinajstić information content (AvgIpc) is 1.98. The zero-order chi connectivity index (χ0) is 8.97. The van der Waals surface area contributed by atoms with E-state index in [1.165, 1.54) is 24.6 Å². The average molecular weight is 220 g/mol. The van der Waals surface area contributed by atoms with Crippen molar-refractivity contribution in [3.63, 3.8) is 0 Å². The standard InChI is InChI=1S/C8H13N3S.ClH/c9-4-3-6-1-2-7(6)5-12-8(10)11;/h6-7H,1-3,5H2,(H3,10,11);1H. The summed E-state index contributed by atoms with van der Waals surface area (Å²) >= 11 is 1.40. The van der Waals surface area contributed by atoms with Gasteiger partial charge in [-0.3, -0.25) is 5.41 Å². The summed E-state index contributed by atoms with van der Waals surface area (Å²) in [7, 11) is 0. The first-order valence-corrected chi connectivity index (χ1v) is 5.06. The Bertz CT molecular complexity index is 214. The molecule has 0 spiro atoms. The van der Waals surface area contributed by atoms with E-state index in [1.54, 1.807) is 0 Å². The second-order valence-corrected chi connectivity index (χ2v) is 4.20. The Kier molecular flexibility index (Phi) is 5.93. The molecule has 2 atom stereocenters. The topological polar surface area (TPSA) is 73.7 Å². The van der Waals surface area contributed by atoms with Crippen LogP contribution in [0.3, 0.4) is 0 Å². The van der Waals surface area contributed by atoms with Crippen molar-refractivity contribution in [1.82, 2.24) is 0 Å². The van der Waals surface area contributed by atoms with E-state index in [-0.39, 0.29) is 17.6 Å². The number of thioether (sulfide) groups is 1. The summed E-state index contributed by atoms with van der Waals surface area (Å²) < 4.78 is 0. The van der Waals surface area contributed by atoms with Crippen LogP contribution in [0.5, 0.6) is 0 Å². The lowest BCUT2D eigenvalue weighted by molar-refractivity contribution is 0.207. The second-order valence-electron chi connectivity index (χ2n) is 3.14. The van der Waals surface area contributed by atoms with Crippen molar-refractivity contribution < 1.29 is 0 Å². The minimum Gasteiger partial charge on any atom is -0.379 e. The van der Waals surface area contributed by atoms with Gasteiger partial charge in [-0.2, -0.15) is 5.26 Å². The van der Waals surface area contributed by atoms with Crippen molar-refractivity contribution in [1.29, 1.82) is 10.7 Å². The van der Waals surface area contributed by atoms with Crippen molar-refractivity contribution in [2.24, 2.45) is 17.6 Å². The zero-order valence-electron chi connectivity index (χ0n) is 7.32. The minimum absolute atomic E-state index is 0. The smallest absolute Gasteiger partial charge is 0.151 e. The Hall–Kier alpha value is -0.400. The number of nitrogens with one attached hydrogen (secondary N) is 1. The van der Waals surface area contributed by atoms with E-state index in [4.69, 9.17) is 16.4 Å². The van der Waals surface area contributed by atoms with Crippen molar-refractivity contribution in [3.05, 3.63) is 0 Å². The van der Waals surface area contributed by atoms with Crippen molar-refractivity contribution in [2.75, 3.05) is 5.75 Å². The molecular weight excluding hydrogens is 206 g/mol. The third kappa shape index (κ3) is 3.88. The Labute approximate surface area is 89.0 Å². The van der Waals surface area contributed by atoms with Gasteiger partial charge in [0.15, 0.2) is 5.17 Å². The van der Waals surface area contributed by atoms with E-state index in [0.717, 1.165) is 5.75 Å². The minimum atomic E-state index is 0. The number of hydrogen-bond acceptors (Lipinski definition) is 3. The molecule has 0 heterocycles. The van der Waals surface area contributed by atoms with Crippen molar-refractivity contribution in [2.45, 2.75) is 19.3 Å². The maximum atomic E-state index is 8.47. The molecule has 1 saturated carbocycles. The van der Waals surface area contributed by atoms with E-state index in [2.05, 4.69) is 6.07 Å². The Morgan fingerprint density at radius 2 is 2.15 bits per heavy atom. The van der Waals surface area contributed by atoms with Gasteiger partial charge < -0.3 is 5.73 Å². The second kappa shape index (κ2) is 6.11. The fourth-order valence-corrected chi connectivity index (χ4v) is 2.27. The Morgan fingerprint density at radius 1 is 1.54 bits per heavy atom. The van der Waals surface area contributed by atoms with Gasteiger partial charge in [-0.1, -0.05) is 11.8 Å². The van der Waals surface area contributed by atoms with E-state index in [9.17, 15) is 0 Å². The summed E-state index contributed by atoms with van der Waals surface area (Å²) in [5.41, 5.74) is 5.22. The van der Waals surface area contributed by atoms with Crippen LogP contribution in [0.1, 0.15) is 19.3 Å². The van der Waals surface area contributed by atoms with E-state index in [1.807, 2.05) is 0 Å². The summed E-state index contributed by atoms with van der Waals surface area (Å²) in [6.45, 7) is 0. The quantitative estimate of drug-likeness (QED) is 0.563. The molecule has 2 unspecified atom stereocenters. The van der Waals surface area contributed by atoms with Gasteiger partial charge in [-0.05, 0) is 24.7 Å². The van der Waals surface area contributed by atoms with E-state index < -0.39 is 0 Å². The van der Waals surface area contributed by atoms with E-state index >= 15 is 0 Å². The summed E-state index contributed by atoms with van der Waals surface area (Å²) in [5, 5.41) is 15.7. The predicted molar refractivity (Wildman–Crippen MR) is 58.1 cm³/mol. The van der Waals surface area contributed by atoms with Gasteiger partial charge >= 0.3 is 0 Å². The van der Waals surface area contributed by atoms with Crippen LogP contribution >= 0.6 is 24.2 Å². The molecule has 74 valence electrons. The normalized spacial score (nSPS) is 25.2. The van der Waals surface area contributed by atoms with Gasteiger partial charge in [-0.15, -0.1) is 12.4 Å². The molecule has 0 bridgehead atoms. The highest BCUT2D eigenvalue weighted by Crippen LogP contribution is 2.38. The summed E-state index contributed by atoms with van der Waals surface area (Å²) in [4.78, 5) is 0. The van der Waals surface area contributed by atoms with Gasteiger partial charge in [0.25, 0.3) is 0 Å². The monoisotopic (exact) mass is 219 g/mol. The fourth-order valence-electron chi connectivity index (χ4n) is 1.44. The van der Waals surface area contributed by atoms with Crippen LogP contribution in [0.2, 0.25) is 0 Å². The van der Waals surface area contributed by atoms with Crippen LogP contribution in [0.15, 0.2) is 0 Å². The molecule has 0 aromatic heterocycles. The lowest BCUT2D eigenvalue weighted by atomic mass is 9.73. The molecule has 5 heteroatoms. The highest BCUT2D eigenvalue weighted by molar-refractivity contribution is 8.13. The summed E-state index contributed by atoms with van der Waals surface area (Å²) in [6.07, 6.45) is 3.05. The Morgan fingerprint density at radius 3 is 2.54 bits per heavy atom. The van der Waals surface area contributed by atoms with Crippen LogP contribution in [0.25, 0.3) is 0 Å². The highest BCUT2D eigenvalue weighted by Gasteiger charge is 2.30. The maximum absolute atomic E-state index is 8.47. The van der Waals surface area contributed by atoms with Gasteiger partial charge in [0.2, 0.25) is 0 Å². The molecule has 1 fully saturated rings. The van der Waals surface area contributed by atoms with Gasteiger partial charge in [0.05, 0.1) is 6.07 Å². The number of hydrogen-bond donors (Lipinski definition) is 2. The number of halogens is 1. The first-order valence-electron chi connectivity index (χ1n) is 4.07. The Balaban J connectivity index is 0.00000144. The van der Waals surface area contributed by atoms with Crippen LogP contribution in [0, 0.1) is 28.6 Å². The third-order valence-corrected chi connectivity index (χ3v) is 3.29. The molecule has 1 rings (SSSR count). The van der Waals surface area contributed by atoms with Crippen molar-refractivity contribution in [3.8, 4) is 6.07 Å². The molecule has 0 aromatic carbocycles. The molecule has 0 saturated heterocycles. The van der Waals surface area contributed by atoms with Crippen LogP contribution in [0.4, 0.5) is 0 Å². The molecule has 1 aliphatic rings. The molecule has 0 amide bonds.